The van der Waals surface area contributed by atoms with E-state index in [1.807, 2.05) is 18.2 Å². The molecule has 4 aliphatic rings. The lowest BCUT2D eigenvalue weighted by Gasteiger charge is -2.37. The Morgan fingerprint density at radius 1 is 0.635 bits per heavy atom. The minimum atomic E-state index is 0.000437. The van der Waals surface area contributed by atoms with Crippen molar-refractivity contribution in [1.29, 1.82) is 10.5 Å². The molecule has 0 N–H and O–H groups in total. The fourth-order valence-corrected chi connectivity index (χ4v) is 7.28. The number of likely N-dealkylation sites (N-methyl/N-ethyl adjacent to an activating group) is 2. The summed E-state index contributed by atoms with van der Waals surface area (Å²) in [6.07, 6.45) is 3.37. The second kappa shape index (κ2) is 17.2. The number of hydrogen-bond acceptors (Lipinski definition) is 10. The van der Waals surface area contributed by atoms with E-state index in [1.54, 1.807) is 40.6 Å². The maximum atomic E-state index is 7.32. The summed E-state index contributed by atoms with van der Waals surface area (Å²) in [5.74, 6) is 5.41. The van der Waals surface area contributed by atoms with Gasteiger partial charge in [0, 0.05) is 44.6 Å². The lowest BCUT2D eigenvalue weighted by Crippen LogP contribution is -2.34. The average molecular weight is 705 g/mol. The van der Waals surface area contributed by atoms with Gasteiger partial charge in [-0.2, -0.15) is 10.5 Å². The summed E-state index contributed by atoms with van der Waals surface area (Å²) in [6.45, 7) is 4.72. The highest BCUT2D eigenvalue weighted by Gasteiger charge is 2.34. The van der Waals surface area contributed by atoms with Crippen molar-refractivity contribution in [3.05, 3.63) is 94.0 Å². The Bertz CT molecular complexity index is 1940. The summed E-state index contributed by atoms with van der Waals surface area (Å²) in [7, 11) is 11.1. The summed E-state index contributed by atoms with van der Waals surface area (Å²) in [4.78, 5) is 4.81. The first-order valence-corrected chi connectivity index (χ1v) is 17.4. The van der Waals surface area contributed by atoms with E-state index in [4.69, 9.17) is 38.9 Å². The molecule has 0 aromatic heterocycles. The van der Waals surface area contributed by atoms with E-state index in [2.05, 4.69) is 66.4 Å². The van der Waals surface area contributed by atoms with E-state index in [1.165, 1.54) is 36.1 Å². The molecular weight excluding hydrogens is 656 g/mol. The summed E-state index contributed by atoms with van der Waals surface area (Å²) >= 11 is 0. The van der Waals surface area contributed by atoms with Crippen molar-refractivity contribution in [3.8, 4) is 58.1 Å². The lowest BCUT2D eigenvalue weighted by atomic mass is 9.87. The molecule has 4 aromatic carbocycles. The molecule has 6 bridgehead atoms. The van der Waals surface area contributed by atoms with Gasteiger partial charge >= 0.3 is 0 Å². The highest BCUT2D eigenvalue weighted by molar-refractivity contribution is 5.64. The molecule has 0 radical (unpaired) electrons. The molecule has 10 nitrogen and oxygen atoms in total. The number of rotatable bonds is 4. The first-order chi connectivity index (χ1) is 25.2. The van der Waals surface area contributed by atoms with Gasteiger partial charge in [-0.25, -0.2) is 0 Å². The minimum Gasteiger partial charge on any atom is -0.493 e. The zero-order chi connectivity index (χ0) is 37.4. The lowest BCUT2D eigenvalue weighted by molar-refractivity contribution is 0.220. The second-order valence-corrected chi connectivity index (χ2v) is 12.9. The van der Waals surface area contributed by atoms with Crippen LogP contribution in [0.25, 0.3) is 0 Å². The monoisotopic (exact) mass is 704 g/mol. The predicted molar refractivity (Wildman–Crippen MR) is 200 cm³/mol. The van der Waals surface area contributed by atoms with Crippen molar-refractivity contribution in [2.45, 2.75) is 51.6 Å². The molecular formula is C42H48N4O6. The van der Waals surface area contributed by atoms with Gasteiger partial charge in [-0.3, -0.25) is 9.80 Å². The standard InChI is InChI=1S/C38H42N2O6.2C2H3N/c1-39-15-13-25-20-32(42-4)34-22-28(25)29(39)17-23-7-10-27(11-8-23)45-33-19-24(9-12-31(33)41-3)18-30-36-26(14-16-40(30)2)21-35(43-5)37(44-6)38(36)46-34;2*1-2-3/h7-12,19-22,29-30H,13-18H2,1-6H3;2*1H3/t29-,30-;;/m0../s1. The van der Waals surface area contributed by atoms with Crippen molar-refractivity contribution >= 4 is 0 Å². The summed E-state index contributed by atoms with van der Waals surface area (Å²) in [5, 5.41) is 14.6. The topological polar surface area (TPSA) is 109 Å². The van der Waals surface area contributed by atoms with Crippen LogP contribution >= 0.6 is 0 Å². The van der Waals surface area contributed by atoms with Crippen LogP contribution < -0.4 is 28.4 Å². The Morgan fingerprint density at radius 3 is 1.83 bits per heavy atom. The SMILES string of the molecule is CC#N.CC#N.COc1ccc2cc1Oc1ccc(cc1)C[C@H]1c3cc(c(OC)cc3CCN1C)Oc1c(OC)c(OC)cc3c1[C@H](C2)N(C)CC3. The van der Waals surface area contributed by atoms with Gasteiger partial charge in [0.05, 0.1) is 40.6 Å². The Hall–Kier alpha value is -5.42. The van der Waals surface area contributed by atoms with Crippen LogP contribution in [0.3, 0.4) is 0 Å². The third-order valence-corrected chi connectivity index (χ3v) is 9.85. The molecule has 0 amide bonds. The largest absolute Gasteiger partial charge is 0.493 e. The third kappa shape index (κ3) is 7.89. The molecule has 2 atom stereocenters. The molecule has 0 spiro atoms. The molecule has 4 heterocycles. The summed E-state index contributed by atoms with van der Waals surface area (Å²) in [6, 6.07) is 24.7. The molecule has 0 unspecified atom stereocenters. The molecule has 0 saturated heterocycles. The van der Waals surface area contributed by atoms with Crippen LogP contribution in [0.4, 0.5) is 0 Å². The molecule has 0 aliphatic carbocycles. The number of ether oxygens (including phenoxy) is 6. The van der Waals surface area contributed by atoms with Gasteiger partial charge in [0.15, 0.2) is 34.5 Å². The fourth-order valence-electron chi connectivity index (χ4n) is 7.28. The van der Waals surface area contributed by atoms with Gasteiger partial charge in [0.1, 0.15) is 5.75 Å². The molecule has 0 saturated carbocycles. The maximum absolute atomic E-state index is 7.32. The van der Waals surface area contributed by atoms with Crippen molar-refractivity contribution in [1.82, 2.24) is 9.80 Å². The first-order valence-electron chi connectivity index (χ1n) is 17.4. The zero-order valence-corrected chi connectivity index (χ0v) is 31.4. The minimum absolute atomic E-state index is 0.000437. The van der Waals surface area contributed by atoms with E-state index in [0.29, 0.717) is 40.2 Å². The van der Waals surface area contributed by atoms with Gasteiger partial charge < -0.3 is 28.4 Å². The molecule has 10 heteroatoms. The first kappa shape index (κ1) is 37.8. The average Bonchev–Trinajstić information content (AvgIpc) is 3.14. The van der Waals surface area contributed by atoms with Crippen molar-refractivity contribution in [2.24, 2.45) is 0 Å². The Kier molecular flexibility index (Phi) is 12.5. The summed E-state index contributed by atoms with van der Waals surface area (Å²) < 4.78 is 37.1. The van der Waals surface area contributed by atoms with Crippen molar-refractivity contribution < 1.29 is 28.4 Å². The smallest absolute Gasteiger partial charge is 0.204 e. The maximum Gasteiger partial charge on any atom is 0.204 e. The van der Waals surface area contributed by atoms with Crippen LogP contribution in [0, 0.1) is 22.7 Å². The molecule has 52 heavy (non-hydrogen) atoms. The van der Waals surface area contributed by atoms with E-state index in [9.17, 15) is 0 Å². The Balaban J connectivity index is 0.000000817. The highest BCUT2D eigenvalue weighted by Crippen LogP contribution is 2.52. The Labute approximate surface area is 307 Å². The van der Waals surface area contributed by atoms with Gasteiger partial charge in [-0.1, -0.05) is 18.2 Å². The van der Waals surface area contributed by atoms with E-state index in [0.717, 1.165) is 55.6 Å². The van der Waals surface area contributed by atoms with E-state index >= 15 is 0 Å². The molecule has 8 rings (SSSR count). The molecule has 4 aromatic rings. The number of hydrogen-bond donors (Lipinski definition) is 0. The zero-order valence-electron chi connectivity index (χ0n) is 31.4. The van der Waals surface area contributed by atoms with Crippen LogP contribution in [-0.2, 0) is 25.7 Å². The van der Waals surface area contributed by atoms with Gasteiger partial charge in [-0.15, -0.1) is 0 Å². The van der Waals surface area contributed by atoms with Gasteiger partial charge in [0.2, 0.25) is 5.75 Å². The van der Waals surface area contributed by atoms with E-state index in [-0.39, 0.29) is 12.1 Å². The van der Waals surface area contributed by atoms with Gasteiger partial charge in [-0.05, 0) is 110 Å². The van der Waals surface area contributed by atoms with Crippen molar-refractivity contribution in [2.75, 3.05) is 55.6 Å². The van der Waals surface area contributed by atoms with Crippen LogP contribution in [0.2, 0.25) is 0 Å². The number of methoxy groups -OCH3 is 4. The molecule has 0 fully saturated rings. The Morgan fingerprint density at radius 2 is 1.19 bits per heavy atom. The van der Waals surface area contributed by atoms with Crippen LogP contribution in [-0.4, -0.2) is 65.4 Å². The van der Waals surface area contributed by atoms with Crippen LogP contribution in [0.5, 0.6) is 46.0 Å². The number of fused-ring (bicyclic) bond motifs is 2. The number of nitrogens with zero attached hydrogens (tertiary/aromatic N) is 4. The van der Waals surface area contributed by atoms with E-state index < -0.39 is 0 Å². The second-order valence-electron chi connectivity index (χ2n) is 12.9. The molecule has 4 aliphatic heterocycles. The van der Waals surface area contributed by atoms with Crippen LogP contribution in [0.1, 0.15) is 59.3 Å². The predicted octanol–water partition coefficient (Wildman–Crippen LogP) is 8.22. The normalized spacial score (nSPS) is 17.3. The number of nitriles is 2. The van der Waals surface area contributed by atoms with Crippen LogP contribution in [0.15, 0.2) is 60.7 Å². The quantitative estimate of drug-likeness (QED) is 0.206. The van der Waals surface area contributed by atoms with Crippen molar-refractivity contribution in [3.63, 3.8) is 0 Å². The fraction of sp³-hybridized carbons (Fsp3) is 0.381. The molecule has 272 valence electrons. The van der Waals surface area contributed by atoms with Gasteiger partial charge in [0.25, 0.3) is 0 Å². The number of benzene rings is 4. The summed E-state index contributed by atoms with van der Waals surface area (Å²) in [5.41, 5.74) is 7.15. The highest BCUT2D eigenvalue weighted by atomic mass is 16.5. The third-order valence-electron chi connectivity index (χ3n) is 9.85.